The highest BCUT2D eigenvalue weighted by molar-refractivity contribution is 5.99. The van der Waals surface area contributed by atoms with Gasteiger partial charge in [-0.3, -0.25) is 0 Å². The number of aromatic hydroxyl groups is 1. The van der Waals surface area contributed by atoms with Crippen LogP contribution in [0.3, 0.4) is 0 Å². The quantitative estimate of drug-likeness (QED) is 0.627. The molecule has 1 aromatic rings. The molecule has 1 aliphatic heterocycles. The molecule has 1 fully saturated rings. The fourth-order valence-corrected chi connectivity index (χ4v) is 3.34. The average Bonchev–Trinajstić information content (AvgIpc) is 2.84. The van der Waals surface area contributed by atoms with E-state index in [9.17, 15) is 9.90 Å². The Balaban J connectivity index is 2.40. The van der Waals surface area contributed by atoms with Crippen LogP contribution in [0.2, 0.25) is 0 Å². The molecule has 0 saturated carbocycles. The number of phenols is 1. The van der Waals surface area contributed by atoms with Gasteiger partial charge in [-0.25, -0.2) is 4.79 Å². The summed E-state index contributed by atoms with van der Waals surface area (Å²) in [4.78, 5) is 14.6. The summed E-state index contributed by atoms with van der Waals surface area (Å²) in [6.45, 7) is 3.94. The number of carbonyl (C=O) groups is 1. The molecule has 0 radical (unpaired) electrons. The number of aryl methyl sites for hydroxylation is 1. The van der Waals surface area contributed by atoms with Crippen LogP contribution in [0, 0.1) is 0 Å². The number of hydrogen-bond donors (Lipinski definition) is 1. The van der Waals surface area contributed by atoms with Crippen molar-refractivity contribution in [2.75, 3.05) is 25.1 Å². The first kappa shape index (κ1) is 17.6. The van der Waals surface area contributed by atoms with Gasteiger partial charge in [-0.2, -0.15) is 0 Å². The molecule has 0 unspecified atom stereocenters. The molecular weight excluding hydrogens is 290 g/mol. The maximum Gasteiger partial charge on any atom is 0.340 e. The largest absolute Gasteiger partial charge is 0.506 e. The maximum atomic E-state index is 12.4. The molecule has 23 heavy (non-hydrogen) atoms. The van der Waals surface area contributed by atoms with Crippen LogP contribution in [0.1, 0.15) is 67.8 Å². The van der Waals surface area contributed by atoms with Crippen LogP contribution in [0.5, 0.6) is 5.75 Å². The van der Waals surface area contributed by atoms with Gasteiger partial charge < -0.3 is 14.7 Å². The second kappa shape index (κ2) is 8.80. The number of phenolic OH excluding ortho intramolecular Hbond substituents is 1. The third-order valence-electron chi connectivity index (χ3n) is 4.60. The molecule has 0 spiro atoms. The van der Waals surface area contributed by atoms with Crippen LogP contribution in [0.25, 0.3) is 0 Å². The topological polar surface area (TPSA) is 49.8 Å². The molecule has 0 aliphatic carbocycles. The SMILES string of the molecule is CCCCCc1ccc(O)c(N2CCCCCC2)c1C(=O)OC. The van der Waals surface area contributed by atoms with E-state index in [0.717, 1.165) is 57.2 Å². The Hall–Kier alpha value is -1.71. The number of nitrogens with zero attached hydrogens (tertiary/aromatic N) is 1. The van der Waals surface area contributed by atoms with Crippen molar-refractivity contribution in [2.45, 2.75) is 58.3 Å². The zero-order chi connectivity index (χ0) is 16.7. The van der Waals surface area contributed by atoms with Crippen molar-refractivity contribution in [3.05, 3.63) is 23.3 Å². The highest BCUT2D eigenvalue weighted by Gasteiger charge is 2.25. The maximum absolute atomic E-state index is 12.4. The summed E-state index contributed by atoms with van der Waals surface area (Å²) in [7, 11) is 1.41. The summed E-state index contributed by atoms with van der Waals surface area (Å²) in [6, 6.07) is 3.60. The summed E-state index contributed by atoms with van der Waals surface area (Å²) in [5.74, 6) is -0.154. The summed E-state index contributed by atoms with van der Waals surface area (Å²) < 4.78 is 5.02. The first-order valence-electron chi connectivity index (χ1n) is 8.87. The number of ether oxygens (including phenoxy) is 1. The first-order chi connectivity index (χ1) is 11.2. The number of methoxy groups -OCH3 is 1. The van der Waals surface area contributed by atoms with E-state index >= 15 is 0 Å². The van der Waals surface area contributed by atoms with Gasteiger partial charge in [0.15, 0.2) is 0 Å². The lowest BCUT2D eigenvalue weighted by molar-refractivity contribution is 0.0599. The minimum Gasteiger partial charge on any atom is -0.506 e. The lowest BCUT2D eigenvalue weighted by Crippen LogP contribution is -2.27. The standard InChI is InChI=1S/C19H29NO3/c1-3-4-7-10-15-11-12-16(21)18(17(15)19(22)23-2)20-13-8-5-6-9-14-20/h11-12,21H,3-10,13-14H2,1-2H3. The normalized spacial score (nSPS) is 15.3. The molecule has 0 amide bonds. The number of carbonyl (C=O) groups excluding carboxylic acids is 1. The van der Waals surface area contributed by atoms with Crippen molar-refractivity contribution in [1.82, 2.24) is 0 Å². The van der Waals surface area contributed by atoms with E-state index in [0.29, 0.717) is 11.3 Å². The van der Waals surface area contributed by atoms with Gasteiger partial charge in [0.05, 0.1) is 18.4 Å². The Bertz CT molecular complexity index is 520. The zero-order valence-corrected chi connectivity index (χ0v) is 14.4. The highest BCUT2D eigenvalue weighted by atomic mass is 16.5. The van der Waals surface area contributed by atoms with E-state index in [1.807, 2.05) is 6.07 Å². The van der Waals surface area contributed by atoms with Gasteiger partial charge >= 0.3 is 5.97 Å². The van der Waals surface area contributed by atoms with Crippen molar-refractivity contribution in [2.24, 2.45) is 0 Å². The summed E-state index contributed by atoms with van der Waals surface area (Å²) in [6.07, 6.45) is 8.79. The molecule has 1 saturated heterocycles. The molecule has 0 aromatic heterocycles. The molecule has 0 bridgehead atoms. The molecule has 1 N–H and O–H groups in total. The second-order valence-electron chi connectivity index (χ2n) is 6.32. The van der Waals surface area contributed by atoms with Crippen molar-refractivity contribution >= 4 is 11.7 Å². The van der Waals surface area contributed by atoms with Gasteiger partial charge in [0.25, 0.3) is 0 Å². The van der Waals surface area contributed by atoms with E-state index in [1.165, 1.54) is 20.0 Å². The highest BCUT2D eigenvalue weighted by Crippen LogP contribution is 2.36. The summed E-state index contributed by atoms with van der Waals surface area (Å²) in [5.41, 5.74) is 2.22. The van der Waals surface area contributed by atoms with Crippen molar-refractivity contribution in [1.29, 1.82) is 0 Å². The number of anilines is 1. The zero-order valence-electron chi connectivity index (χ0n) is 14.4. The third kappa shape index (κ3) is 4.40. The third-order valence-corrected chi connectivity index (χ3v) is 4.60. The molecule has 128 valence electrons. The first-order valence-corrected chi connectivity index (χ1v) is 8.87. The molecular formula is C19H29NO3. The lowest BCUT2D eigenvalue weighted by Gasteiger charge is -2.27. The van der Waals surface area contributed by atoms with Crippen LogP contribution in [0.4, 0.5) is 5.69 Å². The molecule has 2 rings (SSSR count). The van der Waals surface area contributed by atoms with Gasteiger partial charge in [0.1, 0.15) is 5.75 Å². The van der Waals surface area contributed by atoms with Crippen LogP contribution in [-0.4, -0.2) is 31.3 Å². The fourth-order valence-electron chi connectivity index (χ4n) is 3.34. The Morgan fingerprint density at radius 2 is 1.87 bits per heavy atom. The van der Waals surface area contributed by atoms with Gasteiger partial charge in [-0.15, -0.1) is 0 Å². The van der Waals surface area contributed by atoms with E-state index < -0.39 is 0 Å². The van der Waals surface area contributed by atoms with Crippen molar-refractivity contribution < 1.29 is 14.6 Å². The van der Waals surface area contributed by atoms with Crippen LogP contribution < -0.4 is 4.90 Å². The summed E-state index contributed by atoms with van der Waals surface area (Å²) >= 11 is 0. The summed E-state index contributed by atoms with van der Waals surface area (Å²) in [5, 5.41) is 10.4. The van der Waals surface area contributed by atoms with Crippen molar-refractivity contribution in [3.8, 4) is 5.75 Å². The van der Waals surface area contributed by atoms with E-state index in [-0.39, 0.29) is 11.7 Å². The van der Waals surface area contributed by atoms with Gasteiger partial charge in [-0.1, -0.05) is 38.7 Å². The minimum atomic E-state index is -0.341. The Morgan fingerprint density at radius 1 is 1.17 bits per heavy atom. The number of esters is 1. The second-order valence-corrected chi connectivity index (χ2v) is 6.32. The van der Waals surface area contributed by atoms with Gasteiger partial charge in [0, 0.05) is 13.1 Å². The average molecular weight is 319 g/mol. The molecule has 1 heterocycles. The van der Waals surface area contributed by atoms with Crippen molar-refractivity contribution in [3.63, 3.8) is 0 Å². The molecule has 4 nitrogen and oxygen atoms in total. The number of hydrogen-bond acceptors (Lipinski definition) is 4. The van der Waals surface area contributed by atoms with Gasteiger partial charge in [-0.05, 0) is 37.3 Å². The predicted molar refractivity (Wildman–Crippen MR) is 93.4 cm³/mol. The van der Waals surface area contributed by atoms with E-state index in [4.69, 9.17) is 4.74 Å². The minimum absolute atomic E-state index is 0.187. The monoisotopic (exact) mass is 319 g/mol. The Morgan fingerprint density at radius 3 is 2.48 bits per heavy atom. The number of unbranched alkanes of at least 4 members (excludes halogenated alkanes) is 2. The molecule has 4 heteroatoms. The molecule has 1 aliphatic rings. The van der Waals surface area contributed by atoms with Crippen LogP contribution in [0.15, 0.2) is 12.1 Å². The molecule has 0 atom stereocenters. The predicted octanol–water partition coefficient (Wildman–Crippen LogP) is 4.29. The number of rotatable bonds is 6. The molecule has 1 aromatic carbocycles. The van der Waals surface area contributed by atoms with E-state index in [2.05, 4.69) is 11.8 Å². The number of benzene rings is 1. The van der Waals surface area contributed by atoms with Crippen LogP contribution in [-0.2, 0) is 11.2 Å². The smallest absolute Gasteiger partial charge is 0.340 e. The Labute approximate surface area is 139 Å². The van der Waals surface area contributed by atoms with Gasteiger partial charge in [0.2, 0.25) is 0 Å². The Kier molecular flexibility index (Phi) is 6.75. The lowest BCUT2D eigenvalue weighted by atomic mass is 9.98. The van der Waals surface area contributed by atoms with E-state index in [1.54, 1.807) is 6.07 Å². The van der Waals surface area contributed by atoms with Crippen LogP contribution >= 0.6 is 0 Å². The fraction of sp³-hybridized carbons (Fsp3) is 0.632.